The van der Waals surface area contributed by atoms with Crippen LogP contribution in [-0.2, 0) is 0 Å². The van der Waals surface area contributed by atoms with Crippen molar-refractivity contribution in [2.45, 2.75) is 0 Å². The highest BCUT2D eigenvalue weighted by Crippen LogP contribution is 2.43. The van der Waals surface area contributed by atoms with Crippen molar-refractivity contribution in [1.82, 2.24) is 0 Å². The standard InChI is InChI=1S/C42H27NO2/c1-2-10-28(11-3-1)29-20-23-32(24-21-29)43(38-17-9-16-36-34-14-4-7-19-40(34)45-42(36)38)33-13-8-12-30(26-33)31-22-25-41-37(27-31)35-15-5-6-18-39(35)44-41/h1-27H. The van der Waals surface area contributed by atoms with Crippen LogP contribution in [0.2, 0.25) is 0 Å². The zero-order valence-electron chi connectivity index (χ0n) is 24.4. The Balaban J connectivity index is 1.22. The molecule has 0 unspecified atom stereocenters. The van der Waals surface area contributed by atoms with Gasteiger partial charge in [-0.3, -0.25) is 0 Å². The van der Waals surface area contributed by atoms with Crippen LogP contribution in [0.25, 0.3) is 66.1 Å². The number of anilines is 3. The lowest BCUT2D eigenvalue weighted by molar-refractivity contribution is 0.668. The predicted molar refractivity (Wildman–Crippen MR) is 187 cm³/mol. The molecule has 0 radical (unpaired) electrons. The van der Waals surface area contributed by atoms with Gasteiger partial charge in [-0.25, -0.2) is 0 Å². The maximum Gasteiger partial charge on any atom is 0.159 e. The minimum absolute atomic E-state index is 0.863. The van der Waals surface area contributed by atoms with Gasteiger partial charge >= 0.3 is 0 Å². The normalized spacial score (nSPS) is 11.6. The highest BCUT2D eigenvalue weighted by Gasteiger charge is 2.20. The number of hydrogen-bond donors (Lipinski definition) is 0. The van der Waals surface area contributed by atoms with E-state index in [1.807, 2.05) is 30.3 Å². The average molecular weight is 578 g/mol. The molecule has 0 aliphatic carbocycles. The monoisotopic (exact) mass is 577 g/mol. The molecular weight excluding hydrogens is 550 g/mol. The van der Waals surface area contributed by atoms with Crippen molar-refractivity contribution in [2.24, 2.45) is 0 Å². The van der Waals surface area contributed by atoms with Crippen LogP contribution in [0.15, 0.2) is 173 Å². The number of benzene rings is 7. The molecule has 212 valence electrons. The molecule has 0 aliphatic rings. The highest BCUT2D eigenvalue weighted by atomic mass is 16.3. The average Bonchev–Trinajstić information content (AvgIpc) is 3.68. The van der Waals surface area contributed by atoms with E-state index in [9.17, 15) is 0 Å². The summed E-state index contributed by atoms with van der Waals surface area (Å²) >= 11 is 0. The van der Waals surface area contributed by atoms with Crippen molar-refractivity contribution in [3.8, 4) is 22.3 Å². The molecule has 0 fully saturated rings. The van der Waals surface area contributed by atoms with Crippen LogP contribution in [-0.4, -0.2) is 0 Å². The van der Waals surface area contributed by atoms with E-state index >= 15 is 0 Å². The molecule has 0 bridgehead atoms. The summed E-state index contributed by atoms with van der Waals surface area (Å²) in [6.45, 7) is 0. The summed E-state index contributed by atoms with van der Waals surface area (Å²) in [5, 5.41) is 4.46. The summed E-state index contributed by atoms with van der Waals surface area (Å²) in [6, 6.07) is 57.3. The lowest BCUT2D eigenvalue weighted by Gasteiger charge is -2.26. The molecule has 0 aliphatic heterocycles. The van der Waals surface area contributed by atoms with E-state index in [0.717, 1.165) is 72.1 Å². The van der Waals surface area contributed by atoms with Gasteiger partial charge in [-0.1, -0.05) is 109 Å². The molecule has 2 heterocycles. The smallest absolute Gasteiger partial charge is 0.159 e. The zero-order chi connectivity index (χ0) is 29.7. The van der Waals surface area contributed by atoms with E-state index in [4.69, 9.17) is 8.83 Å². The maximum atomic E-state index is 6.54. The highest BCUT2D eigenvalue weighted by molar-refractivity contribution is 6.10. The summed E-state index contributed by atoms with van der Waals surface area (Å²) in [5.41, 5.74) is 11.3. The molecule has 45 heavy (non-hydrogen) atoms. The van der Waals surface area contributed by atoms with Gasteiger partial charge in [0.15, 0.2) is 5.58 Å². The molecule has 9 aromatic rings. The van der Waals surface area contributed by atoms with E-state index in [1.165, 1.54) is 11.1 Å². The Morgan fingerprint density at radius 2 is 0.911 bits per heavy atom. The third kappa shape index (κ3) is 4.29. The molecule has 3 heteroatoms. The second-order valence-corrected chi connectivity index (χ2v) is 11.4. The third-order valence-corrected chi connectivity index (χ3v) is 8.67. The fraction of sp³-hybridized carbons (Fsp3) is 0. The Labute approximate surface area is 260 Å². The minimum atomic E-state index is 0.863. The lowest BCUT2D eigenvalue weighted by Crippen LogP contribution is -2.10. The molecule has 0 saturated carbocycles. The van der Waals surface area contributed by atoms with Gasteiger partial charge in [0.25, 0.3) is 0 Å². The summed E-state index contributed by atoms with van der Waals surface area (Å²) < 4.78 is 12.7. The molecule has 0 spiro atoms. The summed E-state index contributed by atoms with van der Waals surface area (Å²) in [7, 11) is 0. The molecule has 0 saturated heterocycles. The fourth-order valence-electron chi connectivity index (χ4n) is 6.50. The van der Waals surface area contributed by atoms with Crippen LogP contribution >= 0.6 is 0 Å². The number of para-hydroxylation sites is 3. The van der Waals surface area contributed by atoms with Crippen LogP contribution in [0.5, 0.6) is 0 Å². The van der Waals surface area contributed by atoms with E-state index in [2.05, 4.69) is 138 Å². The quantitative estimate of drug-likeness (QED) is 0.204. The first-order valence-corrected chi connectivity index (χ1v) is 15.2. The number of hydrogen-bond acceptors (Lipinski definition) is 3. The van der Waals surface area contributed by atoms with E-state index in [-0.39, 0.29) is 0 Å². The first-order chi connectivity index (χ1) is 22.3. The number of nitrogens with zero attached hydrogens (tertiary/aromatic N) is 1. The van der Waals surface area contributed by atoms with Gasteiger partial charge in [-0.2, -0.15) is 0 Å². The van der Waals surface area contributed by atoms with Gasteiger partial charge in [0, 0.05) is 32.9 Å². The summed E-state index contributed by atoms with van der Waals surface area (Å²) in [6.07, 6.45) is 0. The van der Waals surface area contributed by atoms with Crippen LogP contribution < -0.4 is 4.90 Å². The van der Waals surface area contributed by atoms with Crippen molar-refractivity contribution in [1.29, 1.82) is 0 Å². The number of rotatable bonds is 5. The van der Waals surface area contributed by atoms with Crippen LogP contribution in [0.3, 0.4) is 0 Å². The van der Waals surface area contributed by atoms with Gasteiger partial charge in [0.2, 0.25) is 0 Å². The second-order valence-electron chi connectivity index (χ2n) is 11.4. The van der Waals surface area contributed by atoms with E-state index in [0.29, 0.717) is 0 Å². The van der Waals surface area contributed by atoms with E-state index in [1.54, 1.807) is 0 Å². The Kier molecular flexibility index (Phi) is 5.82. The van der Waals surface area contributed by atoms with E-state index < -0.39 is 0 Å². The molecule has 0 N–H and O–H groups in total. The Bertz CT molecular complexity index is 2490. The molecule has 3 nitrogen and oxygen atoms in total. The molecule has 0 atom stereocenters. The Morgan fingerprint density at radius 3 is 1.73 bits per heavy atom. The Morgan fingerprint density at radius 1 is 0.333 bits per heavy atom. The lowest BCUT2D eigenvalue weighted by atomic mass is 10.0. The van der Waals surface area contributed by atoms with Crippen molar-refractivity contribution in [3.05, 3.63) is 164 Å². The van der Waals surface area contributed by atoms with Gasteiger partial charge < -0.3 is 13.7 Å². The third-order valence-electron chi connectivity index (χ3n) is 8.67. The SMILES string of the molecule is c1ccc(-c2ccc(N(c3cccc(-c4ccc5oc6ccccc6c5c4)c3)c3cccc4c3oc3ccccc34)cc2)cc1. The summed E-state index contributed by atoms with van der Waals surface area (Å²) in [5.74, 6) is 0. The maximum absolute atomic E-state index is 6.54. The van der Waals surface area contributed by atoms with Gasteiger partial charge in [0.05, 0.1) is 5.69 Å². The molecule has 9 rings (SSSR count). The number of fused-ring (bicyclic) bond motifs is 6. The molecular formula is C42H27NO2. The largest absolute Gasteiger partial charge is 0.456 e. The van der Waals surface area contributed by atoms with Crippen molar-refractivity contribution < 1.29 is 8.83 Å². The zero-order valence-corrected chi connectivity index (χ0v) is 24.4. The first-order valence-electron chi connectivity index (χ1n) is 15.2. The van der Waals surface area contributed by atoms with Crippen molar-refractivity contribution >= 4 is 60.9 Å². The minimum Gasteiger partial charge on any atom is -0.456 e. The van der Waals surface area contributed by atoms with Crippen LogP contribution in [0.1, 0.15) is 0 Å². The Hall–Kier alpha value is -6.06. The first kappa shape index (κ1) is 25.4. The number of furan rings is 2. The second kappa shape index (κ2) is 10.3. The molecule has 0 amide bonds. The molecule has 7 aromatic carbocycles. The van der Waals surface area contributed by atoms with Gasteiger partial charge in [-0.15, -0.1) is 0 Å². The van der Waals surface area contributed by atoms with Gasteiger partial charge in [0.1, 0.15) is 16.7 Å². The van der Waals surface area contributed by atoms with Gasteiger partial charge in [-0.05, 0) is 76.9 Å². The van der Waals surface area contributed by atoms with Crippen LogP contribution in [0.4, 0.5) is 17.1 Å². The molecule has 2 aromatic heterocycles. The summed E-state index contributed by atoms with van der Waals surface area (Å²) in [4.78, 5) is 2.30. The fourth-order valence-corrected chi connectivity index (χ4v) is 6.50. The van der Waals surface area contributed by atoms with Crippen molar-refractivity contribution in [3.63, 3.8) is 0 Å². The predicted octanol–water partition coefficient (Wildman–Crippen LogP) is 12.3. The van der Waals surface area contributed by atoms with Crippen LogP contribution in [0, 0.1) is 0 Å². The van der Waals surface area contributed by atoms with Crippen molar-refractivity contribution in [2.75, 3.05) is 4.90 Å². The topological polar surface area (TPSA) is 29.5 Å².